The Morgan fingerprint density at radius 2 is 2.00 bits per heavy atom. The minimum atomic E-state index is 0. The lowest BCUT2D eigenvalue weighted by Crippen LogP contribution is -2.68. The molecular weight excluding hydrogens is 425 g/mol. The van der Waals surface area contributed by atoms with Crippen LogP contribution in [0.4, 0.5) is 0 Å². The van der Waals surface area contributed by atoms with E-state index in [0.717, 1.165) is 25.7 Å². The van der Waals surface area contributed by atoms with Crippen LogP contribution in [0.3, 0.4) is 0 Å². The van der Waals surface area contributed by atoms with Crippen molar-refractivity contribution in [3.63, 3.8) is 0 Å². The number of aliphatic imine (C=N–C) groups is 1. The van der Waals surface area contributed by atoms with E-state index in [2.05, 4.69) is 59.4 Å². The van der Waals surface area contributed by atoms with Gasteiger partial charge in [-0.1, -0.05) is 44.2 Å². The van der Waals surface area contributed by atoms with Crippen LogP contribution in [0.2, 0.25) is 0 Å². The zero-order chi connectivity index (χ0) is 16.7. The SMILES string of the molecule is CN=C(NC1C2CCOC2C1(C)C)N1CCC(c2ccccc2)C1.I. The molecule has 4 rings (SSSR count). The minimum absolute atomic E-state index is 0. The summed E-state index contributed by atoms with van der Waals surface area (Å²) in [6.07, 6.45) is 2.80. The lowest BCUT2D eigenvalue weighted by atomic mass is 9.57. The molecule has 1 aromatic rings. The lowest BCUT2D eigenvalue weighted by molar-refractivity contribution is -0.107. The number of benzene rings is 1. The molecule has 1 N–H and O–H groups in total. The summed E-state index contributed by atoms with van der Waals surface area (Å²) in [5.74, 6) is 2.32. The molecule has 4 nitrogen and oxygen atoms in total. The van der Waals surface area contributed by atoms with Crippen molar-refractivity contribution in [2.45, 2.75) is 44.8 Å². The van der Waals surface area contributed by atoms with E-state index in [9.17, 15) is 0 Å². The van der Waals surface area contributed by atoms with E-state index in [4.69, 9.17) is 4.74 Å². The van der Waals surface area contributed by atoms with Gasteiger partial charge < -0.3 is 15.0 Å². The molecule has 2 aliphatic heterocycles. The number of nitrogens with zero attached hydrogens (tertiary/aromatic N) is 2. The van der Waals surface area contributed by atoms with Gasteiger partial charge in [0.25, 0.3) is 0 Å². The molecule has 138 valence electrons. The number of fused-ring (bicyclic) bond motifs is 1. The summed E-state index contributed by atoms with van der Waals surface area (Å²) < 4.78 is 5.92. The number of halogens is 1. The standard InChI is InChI=1S/C20H29N3O.HI/c1-20(2)17(16-10-12-24-18(16)20)22-19(21-3)23-11-9-15(13-23)14-7-5-4-6-8-14;/h4-8,15-18H,9-13H2,1-3H3,(H,21,22);1H. The highest BCUT2D eigenvalue weighted by atomic mass is 127. The Kier molecular flexibility index (Phi) is 5.63. The molecule has 4 unspecified atom stereocenters. The van der Waals surface area contributed by atoms with E-state index in [-0.39, 0.29) is 29.4 Å². The van der Waals surface area contributed by atoms with Crippen LogP contribution in [0.1, 0.15) is 38.2 Å². The normalized spacial score (nSPS) is 33.4. The zero-order valence-corrected chi connectivity index (χ0v) is 17.8. The summed E-state index contributed by atoms with van der Waals surface area (Å²) in [6.45, 7) is 7.69. The molecule has 0 aromatic heterocycles. The van der Waals surface area contributed by atoms with Gasteiger partial charge in [-0.15, -0.1) is 24.0 Å². The molecule has 2 saturated heterocycles. The van der Waals surface area contributed by atoms with Crippen molar-refractivity contribution in [1.29, 1.82) is 0 Å². The van der Waals surface area contributed by atoms with Gasteiger partial charge in [0, 0.05) is 50.0 Å². The first-order chi connectivity index (χ1) is 11.6. The van der Waals surface area contributed by atoms with Crippen molar-refractivity contribution < 1.29 is 4.74 Å². The highest BCUT2D eigenvalue weighted by molar-refractivity contribution is 14.0. The summed E-state index contributed by atoms with van der Waals surface area (Å²) >= 11 is 0. The molecule has 0 spiro atoms. The van der Waals surface area contributed by atoms with Crippen LogP contribution >= 0.6 is 24.0 Å². The Bertz CT molecular complexity index is 619. The van der Waals surface area contributed by atoms with E-state index >= 15 is 0 Å². The molecule has 0 radical (unpaired) electrons. The number of rotatable bonds is 2. The Hall–Kier alpha value is -0.820. The van der Waals surface area contributed by atoms with Crippen molar-refractivity contribution in [2.24, 2.45) is 16.3 Å². The van der Waals surface area contributed by atoms with Crippen LogP contribution in [0, 0.1) is 11.3 Å². The molecule has 2 heterocycles. The summed E-state index contributed by atoms with van der Waals surface area (Å²) in [4.78, 5) is 7.02. The van der Waals surface area contributed by atoms with Crippen LogP contribution in [0.15, 0.2) is 35.3 Å². The Morgan fingerprint density at radius 3 is 2.72 bits per heavy atom. The third-order valence-corrected chi connectivity index (χ3v) is 6.36. The fourth-order valence-corrected chi connectivity index (χ4v) is 5.00. The Morgan fingerprint density at radius 1 is 1.24 bits per heavy atom. The van der Waals surface area contributed by atoms with Gasteiger partial charge in [-0.3, -0.25) is 4.99 Å². The van der Waals surface area contributed by atoms with Crippen molar-refractivity contribution in [3.8, 4) is 0 Å². The lowest BCUT2D eigenvalue weighted by Gasteiger charge is -2.55. The number of ether oxygens (including phenoxy) is 1. The summed E-state index contributed by atoms with van der Waals surface area (Å²) in [5.41, 5.74) is 1.64. The van der Waals surface area contributed by atoms with Crippen molar-refractivity contribution in [3.05, 3.63) is 35.9 Å². The van der Waals surface area contributed by atoms with E-state index in [1.54, 1.807) is 0 Å². The number of hydrogen-bond acceptors (Lipinski definition) is 2. The highest BCUT2D eigenvalue weighted by Crippen LogP contribution is 2.52. The molecule has 1 saturated carbocycles. The first kappa shape index (κ1) is 19.0. The predicted molar refractivity (Wildman–Crippen MR) is 113 cm³/mol. The zero-order valence-electron chi connectivity index (χ0n) is 15.4. The smallest absolute Gasteiger partial charge is 0.193 e. The van der Waals surface area contributed by atoms with Crippen molar-refractivity contribution in [1.82, 2.24) is 10.2 Å². The van der Waals surface area contributed by atoms with Gasteiger partial charge in [0.1, 0.15) is 0 Å². The second kappa shape index (κ2) is 7.43. The largest absolute Gasteiger partial charge is 0.377 e. The van der Waals surface area contributed by atoms with Gasteiger partial charge >= 0.3 is 0 Å². The number of guanidine groups is 1. The molecule has 4 atom stereocenters. The van der Waals surface area contributed by atoms with Crippen LogP contribution in [-0.2, 0) is 4.74 Å². The molecule has 1 aliphatic carbocycles. The molecule has 5 heteroatoms. The van der Waals surface area contributed by atoms with E-state index < -0.39 is 0 Å². The second-order valence-electron chi connectivity index (χ2n) is 8.08. The minimum Gasteiger partial charge on any atom is -0.377 e. The van der Waals surface area contributed by atoms with Crippen LogP contribution in [-0.4, -0.2) is 49.7 Å². The molecule has 25 heavy (non-hydrogen) atoms. The van der Waals surface area contributed by atoms with Gasteiger partial charge in [-0.05, 0) is 18.4 Å². The Balaban J connectivity index is 0.00000182. The maximum Gasteiger partial charge on any atom is 0.193 e. The molecular formula is C20H30IN3O. The average molecular weight is 455 g/mol. The monoisotopic (exact) mass is 455 g/mol. The molecule has 3 aliphatic rings. The third-order valence-electron chi connectivity index (χ3n) is 6.36. The van der Waals surface area contributed by atoms with Gasteiger partial charge in [0.05, 0.1) is 6.10 Å². The molecule has 1 aromatic carbocycles. The summed E-state index contributed by atoms with van der Waals surface area (Å²) in [6, 6.07) is 11.3. The first-order valence-corrected chi connectivity index (χ1v) is 9.26. The van der Waals surface area contributed by atoms with Gasteiger partial charge in [-0.2, -0.15) is 0 Å². The fraction of sp³-hybridized carbons (Fsp3) is 0.650. The third kappa shape index (κ3) is 3.29. The highest BCUT2D eigenvalue weighted by Gasteiger charge is 2.59. The van der Waals surface area contributed by atoms with E-state index in [1.807, 2.05) is 7.05 Å². The van der Waals surface area contributed by atoms with Crippen molar-refractivity contribution >= 4 is 29.9 Å². The predicted octanol–water partition coefficient (Wildman–Crippen LogP) is 3.48. The summed E-state index contributed by atoms with van der Waals surface area (Å²) in [5, 5.41) is 3.77. The topological polar surface area (TPSA) is 36.9 Å². The molecule has 3 fully saturated rings. The maximum atomic E-state index is 5.92. The van der Waals surface area contributed by atoms with Crippen LogP contribution < -0.4 is 5.32 Å². The Labute approximate surface area is 168 Å². The summed E-state index contributed by atoms with van der Waals surface area (Å²) in [7, 11) is 1.91. The number of likely N-dealkylation sites (tertiary alicyclic amines) is 1. The van der Waals surface area contributed by atoms with Crippen LogP contribution in [0.25, 0.3) is 0 Å². The van der Waals surface area contributed by atoms with E-state index in [1.165, 1.54) is 18.4 Å². The van der Waals surface area contributed by atoms with Crippen molar-refractivity contribution in [2.75, 3.05) is 26.7 Å². The number of hydrogen-bond donors (Lipinski definition) is 1. The quantitative estimate of drug-likeness (QED) is 0.422. The van der Waals surface area contributed by atoms with E-state index in [0.29, 0.717) is 24.0 Å². The van der Waals surface area contributed by atoms with Gasteiger partial charge in [0.15, 0.2) is 5.96 Å². The molecule has 0 bridgehead atoms. The first-order valence-electron chi connectivity index (χ1n) is 9.26. The average Bonchev–Trinajstić information content (AvgIpc) is 3.25. The fourth-order valence-electron chi connectivity index (χ4n) is 5.00. The number of nitrogens with one attached hydrogen (secondary N) is 1. The van der Waals surface area contributed by atoms with Crippen LogP contribution in [0.5, 0.6) is 0 Å². The van der Waals surface area contributed by atoms with Gasteiger partial charge in [0.2, 0.25) is 0 Å². The maximum absolute atomic E-state index is 5.92. The second-order valence-corrected chi connectivity index (χ2v) is 8.08. The molecule has 0 amide bonds. The van der Waals surface area contributed by atoms with Gasteiger partial charge in [-0.25, -0.2) is 0 Å².